The van der Waals surface area contributed by atoms with Crippen molar-refractivity contribution in [3.63, 3.8) is 0 Å². The van der Waals surface area contributed by atoms with Gasteiger partial charge in [-0.3, -0.25) is 4.79 Å². The first-order valence-corrected chi connectivity index (χ1v) is 7.08. The lowest BCUT2D eigenvalue weighted by Gasteiger charge is -2.13. The summed E-state index contributed by atoms with van der Waals surface area (Å²) in [4.78, 5) is 15.1. The summed E-state index contributed by atoms with van der Waals surface area (Å²) in [5.74, 6) is 0.111. The minimum absolute atomic E-state index is 0. The highest BCUT2D eigenvalue weighted by Gasteiger charge is 2.19. The van der Waals surface area contributed by atoms with Crippen LogP contribution in [0.5, 0.6) is 0 Å². The molecule has 1 aromatic heterocycles. The van der Waals surface area contributed by atoms with Gasteiger partial charge in [0.15, 0.2) is 0 Å². The van der Waals surface area contributed by atoms with Gasteiger partial charge in [0.05, 0.1) is 4.88 Å². The largest absolute Gasteiger partial charge is 1.00 e. The van der Waals surface area contributed by atoms with E-state index < -0.39 is 0 Å². The molecule has 0 bridgehead atoms. The molecule has 2 rings (SSSR count). The van der Waals surface area contributed by atoms with Gasteiger partial charge in [-0.2, -0.15) is 0 Å². The third-order valence-electron chi connectivity index (χ3n) is 3.15. The van der Waals surface area contributed by atoms with Crippen molar-refractivity contribution in [2.24, 2.45) is 0 Å². The van der Waals surface area contributed by atoms with E-state index in [0.29, 0.717) is 0 Å². The second-order valence-corrected chi connectivity index (χ2v) is 5.71. The molecule has 0 unspecified atom stereocenters. The van der Waals surface area contributed by atoms with E-state index in [1.54, 1.807) is 11.3 Å². The first-order chi connectivity index (χ1) is 8.18. The predicted octanol–water partition coefficient (Wildman–Crippen LogP) is -1.08. The van der Waals surface area contributed by atoms with Crippen LogP contribution in [0.2, 0.25) is 0 Å². The fourth-order valence-electron chi connectivity index (χ4n) is 2.18. The van der Waals surface area contributed by atoms with Crippen molar-refractivity contribution >= 4 is 17.2 Å². The molecule has 0 saturated heterocycles. The fourth-order valence-corrected chi connectivity index (χ4v) is 3.26. The number of aryl methyl sites for hydroxylation is 1. The van der Waals surface area contributed by atoms with E-state index in [1.165, 1.54) is 24.0 Å². The molecular formula is C13H20ClN2OS-. The Morgan fingerprint density at radius 1 is 1.39 bits per heavy atom. The molecule has 0 fully saturated rings. The Labute approximate surface area is 119 Å². The monoisotopic (exact) mass is 287 g/mol. The highest BCUT2D eigenvalue weighted by molar-refractivity contribution is 7.12. The minimum Gasteiger partial charge on any atom is -1.00 e. The number of carbonyl (C=O) groups is 1. The minimum atomic E-state index is 0. The first kappa shape index (κ1) is 15.5. The molecule has 1 aromatic rings. The van der Waals surface area contributed by atoms with Crippen LogP contribution in [0.4, 0.5) is 0 Å². The Kier molecular flexibility index (Phi) is 6.12. The van der Waals surface area contributed by atoms with Gasteiger partial charge >= 0.3 is 0 Å². The second kappa shape index (κ2) is 7.12. The molecule has 0 aliphatic heterocycles. The highest BCUT2D eigenvalue weighted by Crippen LogP contribution is 2.29. The molecule has 1 N–H and O–H groups in total. The van der Waals surface area contributed by atoms with Crippen molar-refractivity contribution in [3.8, 4) is 0 Å². The summed E-state index contributed by atoms with van der Waals surface area (Å²) in [5, 5.41) is 5.16. The van der Waals surface area contributed by atoms with Gasteiger partial charge in [0.2, 0.25) is 0 Å². The predicted molar refractivity (Wildman–Crippen MR) is 71.8 cm³/mol. The summed E-state index contributed by atoms with van der Waals surface area (Å²) in [6.45, 7) is 1.61. The molecule has 18 heavy (non-hydrogen) atoms. The number of nitrogens with zero attached hydrogens (tertiary/aromatic N) is 1. The summed E-state index contributed by atoms with van der Waals surface area (Å²) in [6.07, 6.45) is 4.72. The van der Waals surface area contributed by atoms with Gasteiger partial charge in [0.25, 0.3) is 5.91 Å². The topological polar surface area (TPSA) is 32.3 Å². The molecule has 1 aliphatic carbocycles. The van der Waals surface area contributed by atoms with Crippen LogP contribution in [0.1, 0.15) is 33.6 Å². The molecule has 1 heterocycles. The highest BCUT2D eigenvalue weighted by atomic mass is 35.5. The summed E-state index contributed by atoms with van der Waals surface area (Å²) in [6, 6.07) is 0. The molecular weight excluding hydrogens is 268 g/mol. The van der Waals surface area contributed by atoms with E-state index in [4.69, 9.17) is 0 Å². The van der Waals surface area contributed by atoms with Gasteiger partial charge in [0, 0.05) is 13.1 Å². The first-order valence-electron chi connectivity index (χ1n) is 6.20. The van der Waals surface area contributed by atoms with Gasteiger partial charge in [-0.15, -0.1) is 11.3 Å². The number of fused-ring (bicyclic) bond motifs is 1. The van der Waals surface area contributed by atoms with Crippen LogP contribution < -0.4 is 17.7 Å². The number of nitrogens with one attached hydrogen (secondary N) is 1. The Hall–Kier alpha value is -0.580. The zero-order valence-electron chi connectivity index (χ0n) is 11.0. The van der Waals surface area contributed by atoms with Gasteiger partial charge in [-0.05, 0) is 56.3 Å². The molecule has 0 atom stereocenters. The SMILES string of the molecule is CN(C)CCNC(=O)c1scc2c1CCCC2.[Cl-]. The number of amides is 1. The van der Waals surface area contributed by atoms with Crippen molar-refractivity contribution in [2.75, 3.05) is 27.2 Å². The quantitative estimate of drug-likeness (QED) is 0.764. The number of hydrogen-bond acceptors (Lipinski definition) is 3. The lowest BCUT2D eigenvalue weighted by Crippen LogP contribution is -3.00. The number of thiophene rings is 1. The van der Waals surface area contributed by atoms with E-state index in [1.807, 2.05) is 14.1 Å². The smallest absolute Gasteiger partial charge is 0.261 e. The van der Waals surface area contributed by atoms with Crippen LogP contribution >= 0.6 is 11.3 Å². The molecule has 5 heteroatoms. The van der Waals surface area contributed by atoms with Crippen molar-refractivity contribution in [1.29, 1.82) is 0 Å². The van der Waals surface area contributed by atoms with Crippen molar-refractivity contribution in [1.82, 2.24) is 10.2 Å². The standard InChI is InChI=1S/C13H20N2OS.ClH/c1-15(2)8-7-14-13(16)12-11-6-4-3-5-10(11)9-17-12;/h9H,3-8H2,1-2H3,(H,14,16);1H/p-1. The Bertz CT molecular complexity index is 404. The van der Waals surface area contributed by atoms with Gasteiger partial charge in [0.1, 0.15) is 0 Å². The molecule has 0 spiro atoms. The number of likely N-dealkylation sites (N-methyl/N-ethyl adjacent to an activating group) is 1. The third-order valence-corrected chi connectivity index (χ3v) is 4.22. The zero-order valence-corrected chi connectivity index (χ0v) is 12.5. The molecule has 3 nitrogen and oxygen atoms in total. The molecule has 0 saturated carbocycles. The molecule has 0 aromatic carbocycles. The van der Waals surface area contributed by atoms with Gasteiger partial charge in [-0.25, -0.2) is 0 Å². The summed E-state index contributed by atoms with van der Waals surface area (Å²) in [7, 11) is 4.03. The lowest BCUT2D eigenvalue weighted by atomic mass is 9.94. The van der Waals surface area contributed by atoms with Crippen LogP contribution in [0.25, 0.3) is 0 Å². The van der Waals surface area contributed by atoms with Crippen LogP contribution in [0.15, 0.2) is 5.38 Å². The van der Waals surface area contributed by atoms with E-state index in [2.05, 4.69) is 15.6 Å². The maximum Gasteiger partial charge on any atom is 0.261 e. The van der Waals surface area contributed by atoms with E-state index in [0.717, 1.165) is 30.8 Å². The molecule has 102 valence electrons. The summed E-state index contributed by atoms with van der Waals surface area (Å²) < 4.78 is 0. The molecule has 0 radical (unpaired) electrons. The third kappa shape index (κ3) is 3.70. The van der Waals surface area contributed by atoms with Crippen LogP contribution in [0.3, 0.4) is 0 Å². The summed E-state index contributed by atoms with van der Waals surface area (Å²) >= 11 is 1.61. The Morgan fingerprint density at radius 3 is 2.83 bits per heavy atom. The number of hydrogen-bond donors (Lipinski definition) is 1. The van der Waals surface area contributed by atoms with Crippen LogP contribution in [-0.2, 0) is 12.8 Å². The number of rotatable bonds is 4. The van der Waals surface area contributed by atoms with Crippen molar-refractivity contribution in [2.45, 2.75) is 25.7 Å². The maximum atomic E-state index is 12.0. The van der Waals surface area contributed by atoms with E-state index >= 15 is 0 Å². The number of halogens is 1. The average Bonchev–Trinajstić information content (AvgIpc) is 2.72. The average molecular weight is 288 g/mol. The van der Waals surface area contributed by atoms with Gasteiger partial charge in [-0.1, -0.05) is 0 Å². The van der Waals surface area contributed by atoms with E-state index in [-0.39, 0.29) is 18.3 Å². The van der Waals surface area contributed by atoms with E-state index in [9.17, 15) is 4.79 Å². The second-order valence-electron chi connectivity index (χ2n) is 4.83. The zero-order chi connectivity index (χ0) is 12.3. The van der Waals surface area contributed by atoms with Crippen LogP contribution in [0, 0.1) is 0 Å². The maximum absolute atomic E-state index is 12.0. The Balaban J connectivity index is 0.00000162. The fraction of sp³-hybridized carbons (Fsp3) is 0.615. The normalized spacial score (nSPS) is 13.9. The Morgan fingerprint density at radius 2 is 2.11 bits per heavy atom. The summed E-state index contributed by atoms with van der Waals surface area (Å²) in [5.41, 5.74) is 2.71. The van der Waals surface area contributed by atoms with Crippen molar-refractivity contribution in [3.05, 3.63) is 21.4 Å². The van der Waals surface area contributed by atoms with Crippen molar-refractivity contribution < 1.29 is 17.2 Å². The molecule has 1 aliphatic rings. The molecule has 1 amide bonds. The lowest BCUT2D eigenvalue weighted by molar-refractivity contribution is -0.0000122. The number of carbonyl (C=O) groups excluding carboxylic acids is 1. The van der Waals surface area contributed by atoms with Crippen LogP contribution in [-0.4, -0.2) is 38.0 Å². The van der Waals surface area contributed by atoms with Gasteiger partial charge < -0.3 is 22.6 Å².